The molecule has 0 bridgehead atoms. The minimum Gasteiger partial charge on any atom is -0.396 e. The van der Waals surface area contributed by atoms with Crippen molar-refractivity contribution in [1.82, 2.24) is 0 Å². The van der Waals surface area contributed by atoms with Crippen LogP contribution in [-0.2, 0) is 6.42 Å². The van der Waals surface area contributed by atoms with Gasteiger partial charge in [-0.05, 0) is 36.8 Å². The first-order chi connectivity index (χ1) is 7.56. The predicted molar refractivity (Wildman–Crippen MR) is 60.6 cm³/mol. The lowest BCUT2D eigenvalue weighted by Crippen LogP contribution is -2.11. The molecule has 1 saturated carbocycles. The van der Waals surface area contributed by atoms with Gasteiger partial charge in [-0.25, -0.2) is 0 Å². The normalized spacial score (nSPS) is 17.1. The zero-order valence-electron chi connectivity index (χ0n) is 8.65. The van der Waals surface area contributed by atoms with Crippen molar-refractivity contribution in [1.29, 1.82) is 0 Å². The minimum atomic E-state index is -0.404. The summed E-state index contributed by atoms with van der Waals surface area (Å²) in [5.74, 6) is 0. The Morgan fingerprint density at radius 1 is 1.50 bits per heavy atom. The summed E-state index contributed by atoms with van der Waals surface area (Å²) in [7, 11) is 0. The number of hydrogen-bond donors (Lipinski definition) is 1. The number of benzene rings is 1. The standard InChI is InChI=1S/C11H12ClNO3/c12-9-1-2-10(13(15)16)8(5-9)6-11(7-14)3-4-11/h1-2,5,14H,3-4,6-7H2. The molecule has 1 fully saturated rings. The third-order valence-corrected chi connectivity index (χ3v) is 3.33. The van der Waals surface area contributed by atoms with Gasteiger partial charge in [0, 0.05) is 23.3 Å². The Kier molecular flexibility index (Phi) is 2.86. The van der Waals surface area contributed by atoms with Gasteiger partial charge < -0.3 is 5.11 Å². The van der Waals surface area contributed by atoms with Crippen molar-refractivity contribution in [2.24, 2.45) is 5.41 Å². The average Bonchev–Trinajstić information content (AvgIpc) is 2.98. The number of hydrogen-bond acceptors (Lipinski definition) is 3. The van der Waals surface area contributed by atoms with E-state index in [0.717, 1.165) is 12.8 Å². The highest BCUT2D eigenvalue weighted by atomic mass is 35.5. The molecule has 4 nitrogen and oxygen atoms in total. The van der Waals surface area contributed by atoms with Gasteiger partial charge in [0.15, 0.2) is 0 Å². The molecule has 0 radical (unpaired) electrons. The van der Waals surface area contributed by atoms with Crippen molar-refractivity contribution < 1.29 is 10.0 Å². The van der Waals surface area contributed by atoms with E-state index in [9.17, 15) is 15.2 Å². The van der Waals surface area contributed by atoms with Crippen LogP contribution in [0.15, 0.2) is 18.2 Å². The minimum absolute atomic E-state index is 0.0800. The Bertz CT molecular complexity index is 429. The summed E-state index contributed by atoms with van der Waals surface area (Å²) in [5.41, 5.74) is 0.559. The lowest BCUT2D eigenvalue weighted by Gasteiger charge is -2.11. The fourth-order valence-electron chi connectivity index (χ4n) is 1.85. The average molecular weight is 242 g/mol. The van der Waals surface area contributed by atoms with Crippen LogP contribution < -0.4 is 0 Å². The van der Waals surface area contributed by atoms with Crippen LogP contribution in [0.3, 0.4) is 0 Å². The van der Waals surface area contributed by atoms with Gasteiger partial charge in [0.2, 0.25) is 0 Å². The summed E-state index contributed by atoms with van der Waals surface area (Å²) in [4.78, 5) is 10.4. The lowest BCUT2D eigenvalue weighted by molar-refractivity contribution is -0.385. The number of nitro groups is 1. The van der Waals surface area contributed by atoms with Crippen LogP contribution in [0.25, 0.3) is 0 Å². The summed E-state index contributed by atoms with van der Waals surface area (Å²) < 4.78 is 0. The molecule has 1 aromatic rings. The van der Waals surface area contributed by atoms with Crippen LogP contribution in [0.4, 0.5) is 5.69 Å². The number of halogens is 1. The largest absolute Gasteiger partial charge is 0.396 e. The second kappa shape index (κ2) is 4.03. The van der Waals surface area contributed by atoms with E-state index >= 15 is 0 Å². The monoisotopic (exact) mass is 241 g/mol. The van der Waals surface area contributed by atoms with Gasteiger partial charge in [0.25, 0.3) is 5.69 Å². The molecule has 2 rings (SSSR count). The van der Waals surface area contributed by atoms with Crippen molar-refractivity contribution in [2.75, 3.05) is 6.61 Å². The molecule has 0 aliphatic heterocycles. The quantitative estimate of drug-likeness (QED) is 0.651. The second-order valence-corrected chi connectivity index (χ2v) is 4.80. The maximum Gasteiger partial charge on any atom is 0.272 e. The van der Waals surface area contributed by atoms with Crippen LogP contribution in [0.1, 0.15) is 18.4 Å². The number of aliphatic hydroxyl groups excluding tert-OH is 1. The topological polar surface area (TPSA) is 63.4 Å². The Morgan fingerprint density at radius 3 is 2.69 bits per heavy atom. The first-order valence-electron chi connectivity index (χ1n) is 5.10. The number of aliphatic hydroxyl groups is 1. The molecule has 86 valence electrons. The molecule has 1 aliphatic rings. The van der Waals surface area contributed by atoms with Gasteiger partial charge in [0.1, 0.15) is 0 Å². The molecule has 1 aromatic carbocycles. The Hall–Kier alpha value is -1.13. The molecule has 0 aromatic heterocycles. The van der Waals surface area contributed by atoms with Crippen molar-refractivity contribution in [3.05, 3.63) is 38.9 Å². The van der Waals surface area contributed by atoms with Crippen molar-refractivity contribution in [3.63, 3.8) is 0 Å². The van der Waals surface area contributed by atoms with Gasteiger partial charge in [0.05, 0.1) is 4.92 Å². The van der Waals surface area contributed by atoms with Crippen LogP contribution in [0, 0.1) is 15.5 Å². The molecule has 5 heteroatoms. The van der Waals surface area contributed by atoms with E-state index in [4.69, 9.17) is 11.6 Å². The molecule has 0 amide bonds. The van der Waals surface area contributed by atoms with Gasteiger partial charge in [-0.1, -0.05) is 11.6 Å². The van der Waals surface area contributed by atoms with Gasteiger partial charge in [-0.3, -0.25) is 10.1 Å². The molecule has 1 aliphatic carbocycles. The van der Waals surface area contributed by atoms with Crippen LogP contribution in [0.2, 0.25) is 5.02 Å². The first kappa shape index (κ1) is 11.4. The van der Waals surface area contributed by atoms with Gasteiger partial charge >= 0.3 is 0 Å². The number of rotatable bonds is 4. The molecule has 0 heterocycles. The molecule has 16 heavy (non-hydrogen) atoms. The van der Waals surface area contributed by atoms with Crippen molar-refractivity contribution in [3.8, 4) is 0 Å². The summed E-state index contributed by atoms with van der Waals surface area (Å²) in [6, 6.07) is 4.56. The Labute approximate surface area is 98.0 Å². The zero-order valence-corrected chi connectivity index (χ0v) is 9.41. The van der Waals surface area contributed by atoms with Crippen molar-refractivity contribution in [2.45, 2.75) is 19.3 Å². The summed E-state index contributed by atoms with van der Waals surface area (Å²) in [6.45, 7) is 0.0800. The van der Waals surface area contributed by atoms with Crippen LogP contribution in [-0.4, -0.2) is 16.6 Å². The number of nitro benzene ring substituents is 1. The van der Waals surface area contributed by atoms with E-state index in [2.05, 4.69) is 0 Å². The molecule has 0 saturated heterocycles. The highest BCUT2D eigenvalue weighted by molar-refractivity contribution is 6.30. The highest BCUT2D eigenvalue weighted by Gasteiger charge is 2.43. The summed E-state index contributed by atoms with van der Waals surface area (Å²) in [5, 5.41) is 20.5. The first-order valence-corrected chi connectivity index (χ1v) is 5.48. The fraction of sp³-hybridized carbons (Fsp3) is 0.455. The summed E-state index contributed by atoms with van der Waals surface area (Å²) >= 11 is 5.83. The maximum absolute atomic E-state index is 10.8. The van der Waals surface area contributed by atoms with Gasteiger partial charge in [-0.2, -0.15) is 0 Å². The van der Waals surface area contributed by atoms with E-state index in [1.54, 1.807) is 6.07 Å². The molecular formula is C11H12ClNO3. The third-order valence-electron chi connectivity index (χ3n) is 3.10. The fourth-order valence-corrected chi connectivity index (χ4v) is 2.04. The molecule has 0 unspecified atom stereocenters. The van der Waals surface area contributed by atoms with E-state index in [0.29, 0.717) is 17.0 Å². The maximum atomic E-state index is 10.8. The molecular weight excluding hydrogens is 230 g/mol. The molecule has 0 spiro atoms. The SMILES string of the molecule is O=[N+]([O-])c1ccc(Cl)cc1CC1(CO)CC1. The Morgan fingerprint density at radius 2 is 2.19 bits per heavy atom. The summed E-state index contributed by atoms with van der Waals surface area (Å²) in [6.07, 6.45) is 2.38. The predicted octanol–water partition coefficient (Wildman–Crippen LogP) is 2.56. The van der Waals surface area contributed by atoms with Crippen LogP contribution >= 0.6 is 11.6 Å². The van der Waals surface area contributed by atoms with E-state index < -0.39 is 4.92 Å². The van der Waals surface area contributed by atoms with Crippen molar-refractivity contribution >= 4 is 17.3 Å². The second-order valence-electron chi connectivity index (χ2n) is 4.37. The third kappa shape index (κ3) is 2.18. The van der Waals surface area contributed by atoms with E-state index in [1.165, 1.54) is 12.1 Å². The smallest absolute Gasteiger partial charge is 0.272 e. The molecule has 1 N–H and O–H groups in total. The van der Waals surface area contributed by atoms with Gasteiger partial charge in [-0.15, -0.1) is 0 Å². The number of nitrogens with zero attached hydrogens (tertiary/aromatic N) is 1. The lowest BCUT2D eigenvalue weighted by atomic mass is 9.96. The zero-order chi connectivity index (χ0) is 11.8. The van der Waals surface area contributed by atoms with E-state index in [1.807, 2.05) is 0 Å². The Balaban J connectivity index is 2.31. The highest BCUT2D eigenvalue weighted by Crippen LogP contribution is 2.49. The van der Waals surface area contributed by atoms with Crippen LogP contribution in [0.5, 0.6) is 0 Å². The van der Waals surface area contributed by atoms with E-state index in [-0.39, 0.29) is 17.7 Å². The molecule has 0 atom stereocenters.